The molecule has 1 atom stereocenters. The molecule has 0 spiro atoms. The number of hydrogen-bond donors (Lipinski definition) is 2. The lowest BCUT2D eigenvalue weighted by Gasteiger charge is -2.19. The maximum atomic E-state index is 12.8. The van der Waals surface area contributed by atoms with E-state index in [9.17, 15) is 4.79 Å². The average Bonchev–Trinajstić information content (AvgIpc) is 3.31. The number of hydrogen-bond acceptors (Lipinski definition) is 3. The van der Waals surface area contributed by atoms with Crippen molar-refractivity contribution in [3.05, 3.63) is 84.2 Å². The molecule has 4 rings (SSSR count). The van der Waals surface area contributed by atoms with E-state index >= 15 is 0 Å². The van der Waals surface area contributed by atoms with E-state index in [1.807, 2.05) is 67.7 Å². The summed E-state index contributed by atoms with van der Waals surface area (Å²) < 4.78 is 2.09. The summed E-state index contributed by atoms with van der Waals surface area (Å²) in [4.78, 5) is 24.6. The number of H-pyrrole nitrogens is 1. The average molecular weight is 359 g/mol. The highest BCUT2D eigenvalue weighted by Gasteiger charge is 2.18. The van der Waals surface area contributed by atoms with Crippen LogP contribution in [-0.2, 0) is 6.54 Å². The first-order valence-corrected chi connectivity index (χ1v) is 8.99. The number of nitrogens with one attached hydrogen (secondary N) is 2. The molecule has 2 aromatic heterocycles. The number of para-hydroxylation sites is 2. The van der Waals surface area contributed by atoms with Crippen molar-refractivity contribution in [2.45, 2.75) is 25.9 Å². The molecule has 2 aromatic carbocycles. The Bertz CT molecular complexity index is 1020. The van der Waals surface area contributed by atoms with Crippen molar-refractivity contribution >= 4 is 16.9 Å². The van der Waals surface area contributed by atoms with E-state index < -0.39 is 0 Å². The quantitative estimate of drug-likeness (QED) is 0.552. The minimum atomic E-state index is -0.206. The molecule has 27 heavy (non-hydrogen) atoms. The first kappa shape index (κ1) is 17.0. The lowest BCUT2D eigenvalue weighted by molar-refractivity contribution is 0.0924. The molecule has 0 bridgehead atoms. The Hall–Kier alpha value is -3.41. The van der Waals surface area contributed by atoms with Gasteiger partial charge in [0, 0.05) is 18.9 Å². The van der Waals surface area contributed by atoms with E-state index in [2.05, 4.69) is 24.8 Å². The zero-order chi connectivity index (χ0) is 18.6. The van der Waals surface area contributed by atoms with Gasteiger partial charge in [0.25, 0.3) is 5.91 Å². The van der Waals surface area contributed by atoms with Crippen LogP contribution in [0.5, 0.6) is 0 Å². The van der Waals surface area contributed by atoms with Crippen LogP contribution in [0.25, 0.3) is 11.0 Å². The number of rotatable bonds is 6. The van der Waals surface area contributed by atoms with Gasteiger partial charge in [-0.2, -0.15) is 0 Å². The molecule has 4 aromatic rings. The maximum absolute atomic E-state index is 12.8. The highest BCUT2D eigenvalue weighted by atomic mass is 16.2. The lowest BCUT2D eigenvalue weighted by Crippen LogP contribution is -2.30. The van der Waals surface area contributed by atoms with Gasteiger partial charge in [0.2, 0.25) is 0 Å². The second-order valence-electron chi connectivity index (χ2n) is 6.50. The van der Waals surface area contributed by atoms with Gasteiger partial charge in [-0.3, -0.25) is 4.79 Å². The predicted molar refractivity (Wildman–Crippen MR) is 104 cm³/mol. The van der Waals surface area contributed by atoms with Gasteiger partial charge in [-0.05, 0) is 31.0 Å². The third kappa shape index (κ3) is 3.74. The Morgan fingerprint density at radius 3 is 2.67 bits per heavy atom. The minimum Gasteiger partial charge on any atom is -0.343 e. The zero-order valence-corrected chi connectivity index (χ0v) is 15.1. The van der Waals surface area contributed by atoms with Crippen LogP contribution in [0.15, 0.2) is 67.0 Å². The molecule has 1 amide bonds. The van der Waals surface area contributed by atoms with Gasteiger partial charge in [-0.15, -0.1) is 0 Å². The van der Waals surface area contributed by atoms with Crippen LogP contribution in [0.4, 0.5) is 0 Å². The Kier molecular flexibility index (Phi) is 4.70. The Labute approximate surface area is 157 Å². The molecule has 2 N–H and O–H groups in total. The van der Waals surface area contributed by atoms with Crippen molar-refractivity contribution in [2.75, 3.05) is 0 Å². The molecule has 6 nitrogen and oxygen atoms in total. The molecule has 0 aliphatic carbocycles. The Morgan fingerprint density at radius 1 is 1.15 bits per heavy atom. The molecule has 0 saturated heterocycles. The van der Waals surface area contributed by atoms with Crippen molar-refractivity contribution in [3.8, 4) is 0 Å². The smallest absolute Gasteiger partial charge is 0.287 e. The molecule has 0 fully saturated rings. The fourth-order valence-electron chi connectivity index (χ4n) is 3.20. The Morgan fingerprint density at radius 2 is 1.93 bits per heavy atom. The standard InChI is InChI=1S/C21H21N5O/c1-15-22-12-14-26(15)13-11-17(16-7-3-2-4-8-16)25-21(27)20-23-18-9-5-6-10-19(18)24-20/h2-10,12,14,17H,11,13H2,1H3,(H,23,24)(H,25,27). The SMILES string of the molecule is Cc1nccn1CCC(NC(=O)c1nc2ccccc2[nH]1)c1ccccc1. The van der Waals surface area contributed by atoms with Crippen LogP contribution in [0.1, 0.15) is 34.5 Å². The largest absolute Gasteiger partial charge is 0.343 e. The van der Waals surface area contributed by atoms with Gasteiger partial charge in [0.1, 0.15) is 5.82 Å². The van der Waals surface area contributed by atoms with E-state index in [1.165, 1.54) is 0 Å². The molecule has 0 radical (unpaired) electrons. The van der Waals surface area contributed by atoms with Gasteiger partial charge in [-0.1, -0.05) is 42.5 Å². The number of amides is 1. The van der Waals surface area contributed by atoms with Gasteiger partial charge in [0.05, 0.1) is 17.1 Å². The third-order valence-electron chi connectivity index (χ3n) is 4.69. The van der Waals surface area contributed by atoms with Gasteiger partial charge in [0.15, 0.2) is 5.82 Å². The summed E-state index contributed by atoms with van der Waals surface area (Å²) in [5.74, 6) is 1.09. The van der Waals surface area contributed by atoms with Gasteiger partial charge >= 0.3 is 0 Å². The number of fused-ring (bicyclic) bond motifs is 1. The third-order valence-corrected chi connectivity index (χ3v) is 4.69. The van der Waals surface area contributed by atoms with Gasteiger partial charge in [-0.25, -0.2) is 9.97 Å². The topological polar surface area (TPSA) is 75.6 Å². The number of benzene rings is 2. The van der Waals surface area contributed by atoms with Crippen LogP contribution >= 0.6 is 0 Å². The van der Waals surface area contributed by atoms with Crippen LogP contribution in [0, 0.1) is 6.92 Å². The summed E-state index contributed by atoms with van der Waals surface area (Å²) in [6, 6.07) is 17.5. The van der Waals surface area contributed by atoms with Crippen molar-refractivity contribution in [1.29, 1.82) is 0 Å². The van der Waals surface area contributed by atoms with Crippen LogP contribution in [0.2, 0.25) is 0 Å². The fourth-order valence-corrected chi connectivity index (χ4v) is 3.20. The summed E-state index contributed by atoms with van der Waals surface area (Å²) in [6.07, 6.45) is 4.51. The van der Waals surface area contributed by atoms with E-state index in [0.717, 1.165) is 35.4 Å². The molecule has 2 heterocycles. The highest BCUT2D eigenvalue weighted by Crippen LogP contribution is 2.19. The summed E-state index contributed by atoms with van der Waals surface area (Å²) in [5, 5.41) is 3.13. The molecule has 6 heteroatoms. The molecule has 0 saturated carbocycles. The zero-order valence-electron chi connectivity index (χ0n) is 15.1. The number of aromatic nitrogens is 4. The monoisotopic (exact) mass is 359 g/mol. The molecule has 0 aliphatic rings. The summed E-state index contributed by atoms with van der Waals surface area (Å²) in [7, 11) is 0. The first-order chi connectivity index (χ1) is 13.2. The van der Waals surface area contributed by atoms with Crippen molar-refractivity contribution in [2.24, 2.45) is 0 Å². The van der Waals surface area contributed by atoms with E-state index in [0.29, 0.717) is 5.82 Å². The van der Waals surface area contributed by atoms with E-state index in [4.69, 9.17) is 0 Å². The van der Waals surface area contributed by atoms with Crippen molar-refractivity contribution in [1.82, 2.24) is 24.8 Å². The summed E-state index contributed by atoms with van der Waals surface area (Å²) >= 11 is 0. The van der Waals surface area contributed by atoms with Crippen LogP contribution in [-0.4, -0.2) is 25.4 Å². The van der Waals surface area contributed by atoms with Crippen molar-refractivity contribution in [3.63, 3.8) is 0 Å². The van der Waals surface area contributed by atoms with Gasteiger partial charge < -0.3 is 14.9 Å². The van der Waals surface area contributed by atoms with E-state index in [-0.39, 0.29) is 11.9 Å². The van der Waals surface area contributed by atoms with E-state index in [1.54, 1.807) is 6.20 Å². The number of nitrogens with zero attached hydrogens (tertiary/aromatic N) is 3. The number of aromatic amines is 1. The minimum absolute atomic E-state index is 0.117. The lowest BCUT2D eigenvalue weighted by atomic mass is 10.0. The second-order valence-corrected chi connectivity index (χ2v) is 6.50. The number of carbonyl (C=O) groups excluding carboxylic acids is 1. The highest BCUT2D eigenvalue weighted by molar-refractivity contribution is 5.94. The first-order valence-electron chi connectivity index (χ1n) is 8.99. The molecule has 0 aliphatic heterocycles. The predicted octanol–water partition coefficient (Wildman–Crippen LogP) is 3.63. The number of carbonyl (C=O) groups is 1. The normalized spacial score (nSPS) is 12.2. The molecular weight excluding hydrogens is 338 g/mol. The maximum Gasteiger partial charge on any atom is 0.287 e. The molecule has 1 unspecified atom stereocenters. The Balaban J connectivity index is 1.54. The molecule has 136 valence electrons. The summed E-state index contributed by atoms with van der Waals surface area (Å²) in [5.41, 5.74) is 2.71. The molecular formula is C21H21N5O. The number of aryl methyl sites for hydroxylation is 2. The summed E-state index contributed by atoms with van der Waals surface area (Å²) in [6.45, 7) is 2.75. The van der Waals surface area contributed by atoms with Crippen LogP contribution < -0.4 is 5.32 Å². The fraction of sp³-hybridized carbons (Fsp3) is 0.190. The number of imidazole rings is 2. The van der Waals surface area contributed by atoms with Crippen molar-refractivity contribution < 1.29 is 4.79 Å². The second kappa shape index (κ2) is 7.45. The van der Waals surface area contributed by atoms with Crippen LogP contribution in [0.3, 0.4) is 0 Å².